The predicted octanol–water partition coefficient (Wildman–Crippen LogP) is 0.213. The highest BCUT2D eigenvalue weighted by molar-refractivity contribution is 5.72. The lowest BCUT2D eigenvalue weighted by molar-refractivity contribution is -0.193. The Morgan fingerprint density at radius 1 is 1.21 bits per heavy atom. The van der Waals surface area contributed by atoms with Gasteiger partial charge in [0, 0.05) is 4.53 Å². The van der Waals surface area contributed by atoms with Crippen molar-refractivity contribution in [1.82, 2.24) is 6.15 Å². The van der Waals surface area contributed by atoms with Gasteiger partial charge in [0.25, 0.3) is 0 Å². The fourth-order valence-electron chi connectivity index (χ4n) is 0.899. The van der Waals surface area contributed by atoms with Gasteiger partial charge in [0.1, 0.15) is 12.7 Å². The third kappa shape index (κ3) is 4.47. The Kier molecular flexibility index (Phi) is 7.21. The molecule has 1 atom stereocenters. The fourth-order valence-corrected chi connectivity index (χ4v) is 0.899. The largest absolute Gasteiger partial charge is 0.378 e. The van der Waals surface area contributed by atoms with Crippen molar-refractivity contribution in [2.24, 2.45) is 5.92 Å². The molecular weight excluding hydrogens is 197 g/mol. The van der Waals surface area contributed by atoms with Gasteiger partial charge in [-0.15, -0.1) is 0 Å². The summed E-state index contributed by atoms with van der Waals surface area (Å²) in [6.07, 6.45) is 0. The van der Waals surface area contributed by atoms with Crippen LogP contribution in [0.1, 0.15) is 0 Å². The third-order valence-electron chi connectivity index (χ3n) is 1.59. The number of halogens is 1. The van der Waals surface area contributed by atoms with Crippen LogP contribution in [0.3, 0.4) is 0 Å². The van der Waals surface area contributed by atoms with Crippen molar-refractivity contribution in [3.63, 3.8) is 0 Å². The van der Waals surface area contributed by atoms with Crippen LogP contribution in [-0.4, -0.2) is 39.2 Å². The second-order valence-corrected chi connectivity index (χ2v) is 2.56. The molecule has 0 saturated carbocycles. The second kappa shape index (κ2) is 7.63. The summed E-state index contributed by atoms with van der Waals surface area (Å²) in [4.78, 5) is 13.8. The zero-order valence-electron chi connectivity index (χ0n) is 7.74. The molecule has 0 aromatic heterocycles. The summed E-state index contributed by atoms with van der Waals surface area (Å²) in [6.45, 7) is 0.977. The molecule has 14 heavy (non-hydrogen) atoms. The van der Waals surface area contributed by atoms with E-state index in [2.05, 4.69) is 4.94 Å². The summed E-state index contributed by atoms with van der Waals surface area (Å²) in [6, 6.07) is 0. The minimum atomic E-state index is -0.970. The number of hydrogen-bond acceptors (Lipinski definition) is 6. The van der Waals surface area contributed by atoms with Gasteiger partial charge < -0.3 is 20.4 Å². The summed E-state index contributed by atoms with van der Waals surface area (Å²) in [7, 11) is 0. The van der Waals surface area contributed by atoms with Gasteiger partial charge >= 0.3 is 5.97 Å². The molecule has 1 saturated heterocycles. The summed E-state index contributed by atoms with van der Waals surface area (Å²) in [5, 5.41) is 0. The molecule has 7 heteroatoms. The number of carbonyl (C=O) groups is 1. The van der Waals surface area contributed by atoms with E-state index in [1.165, 1.54) is 0 Å². The summed E-state index contributed by atoms with van der Waals surface area (Å²) < 4.78 is 26.4. The Bertz CT molecular complexity index is 158. The van der Waals surface area contributed by atoms with Crippen LogP contribution < -0.4 is 6.15 Å². The molecule has 6 nitrogen and oxygen atoms in total. The normalized spacial score (nSPS) is 23.6. The maximum Gasteiger partial charge on any atom is 0.356 e. The molecule has 0 spiro atoms. The van der Waals surface area contributed by atoms with Crippen molar-refractivity contribution < 1.29 is 28.5 Å². The van der Waals surface area contributed by atoms with E-state index in [0.29, 0.717) is 13.2 Å². The molecule has 1 aliphatic heterocycles. The van der Waals surface area contributed by atoms with Crippen LogP contribution in [0.25, 0.3) is 0 Å². The first-order valence-electron chi connectivity index (χ1n) is 3.90. The molecule has 1 unspecified atom stereocenters. The summed E-state index contributed by atoms with van der Waals surface area (Å²) in [5.41, 5.74) is 0. The molecule has 0 aliphatic carbocycles. The summed E-state index contributed by atoms with van der Waals surface area (Å²) in [5.74, 6) is -1.69. The zero-order chi connectivity index (χ0) is 9.52. The Morgan fingerprint density at radius 3 is 2.57 bits per heavy atom. The zero-order valence-corrected chi connectivity index (χ0v) is 7.74. The molecule has 0 bridgehead atoms. The van der Waals surface area contributed by atoms with E-state index in [-0.39, 0.29) is 26.2 Å². The van der Waals surface area contributed by atoms with Crippen molar-refractivity contribution in [1.29, 1.82) is 0 Å². The van der Waals surface area contributed by atoms with Crippen molar-refractivity contribution in [2.75, 3.05) is 33.2 Å². The first-order valence-corrected chi connectivity index (χ1v) is 3.90. The van der Waals surface area contributed by atoms with Crippen LogP contribution in [-0.2, 0) is 23.9 Å². The average Bonchev–Trinajstić information content (AvgIpc) is 2.29. The predicted molar refractivity (Wildman–Crippen MR) is 43.3 cm³/mol. The molecule has 84 valence electrons. The first kappa shape index (κ1) is 13.2. The van der Waals surface area contributed by atoms with Crippen LogP contribution in [0.2, 0.25) is 0 Å². The number of hydrogen-bond donors (Lipinski definition) is 1. The fraction of sp³-hybridized carbons (Fsp3) is 0.857. The van der Waals surface area contributed by atoms with Crippen LogP contribution in [0.4, 0.5) is 4.53 Å². The lowest BCUT2D eigenvalue weighted by Gasteiger charge is -2.09. The Labute approximate surface area is 80.7 Å². The maximum absolute atomic E-state index is 11.5. The Hall–Kier alpha value is -0.760. The first-order chi connectivity index (χ1) is 6.34. The van der Waals surface area contributed by atoms with Crippen LogP contribution in [0.5, 0.6) is 0 Å². The van der Waals surface area contributed by atoms with Gasteiger partial charge in [-0.3, -0.25) is 4.94 Å². The molecular formula is C7H14FNO5. The number of carbonyl (C=O) groups excluding carboxylic acids is 1. The number of rotatable bonds is 1. The topological polar surface area (TPSA) is 89.0 Å². The van der Waals surface area contributed by atoms with E-state index in [1.807, 2.05) is 0 Å². The van der Waals surface area contributed by atoms with E-state index < -0.39 is 11.9 Å². The smallest absolute Gasteiger partial charge is 0.356 e. The molecule has 1 aliphatic rings. The second-order valence-electron chi connectivity index (χ2n) is 2.56. The highest BCUT2D eigenvalue weighted by atomic mass is 19.3. The molecule has 0 aromatic rings. The minimum absolute atomic E-state index is 0. The average molecular weight is 211 g/mol. The van der Waals surface area contributed by atoms with Gasteiger partial charge in [-0.2, -0.15) is 0 Å². The third-order valence-corrected chi connectivity index (χ3v) is 1.59. The standard InChI is InChI=1S/C7H11FO5.H3N/c8-13-7(9)6-3-10-1-2-11-5-12-4-6;/h6H,1-5H2;1H3. The highest BCUT2D eigenvalue weighted by Gasteiger charge is 2.22. The number of ether oxygens (including phenoxy) is 3. The lowest BCUT2D eigenvalue weighted by Crippen LogP contribution is -2.25. The van der Waals surface area contributed by atoms with Crippen molar-refractivity contribution in [2.45, 2.75) is 0 Å². The molecule has 0 radical (unpaired) electrons. The van der Waals surface area contributed by atoms with E-state index >= 15 is 0 Å². The van der Waals surface area contributed by atoms with Gasteiger partial charge in [0.2, 0.25) is 0 Å². The van der Waals surface area contributed by atoms with Gasteiger partial charge in [-0.25, -0.2) is 4.79 Å². The molecule has 1 fully saturated rings. The molecule has 0 amide bonds. The molecule has 1 rings (SSSR count). The minimum Gasteiger partial charge on any atom is -0.378 e. The quantitative estimate of drug-likeness (QED) is 0.667. The lowest BCUT2D eigenvalue weighted by atomic mass is 10.2. The van der Waals surface area contributed by atoms with Crippen LogP contribution >= 0.6 is 0 Å². The van der Waals surface area contributed by atoms with Gasteiger partial charge in [-0.1, -0.05) is 0 Å². The Morgan fingerprint density at radius 2 is 1.86 bits per heavy atom. The SMILES string of the molecule is N.O=C(OF)C1COCCOCOC1. The van der Waals surface area contributed by atoms with Gasteiger partial charge in [0.15, 0.2) is 0 Å². The van der Waals surface area contributed by atoms with E-state index in [0.717, 1.165) is 0 Å². The van der Waals surface area contributed by atoms with E-state index in [4.69, 9.17) is 14.2 Å². The maximum atomic E-state index is 11.5. The summed E-state index contributed by atoms with van der Waals surface area (Å²) >= 11 is 0. The van der Waals surface area contributed by atoms with Crippen LogP contribution in [0, 0.1) is 5.92 Å². The monoisotopic (exact) mass is 211 g/mol. The van der Waals surface area contributed by atoms with Crippen molar-refractivity contribution in [3.05, 3.63) is 0 Å². The molecule has 0 aromatic carbocycles. The Balaban J connectivity index is 0.00000169. The highest BCUT2D eigenvalue weighted by Crippen LogP contribution is 2.04. The van der Waals surface area contributed by atoms with Crippen molar-refractivity contribution in [3.8, 4) is 0 Å². The van der Waals surface area contributed by atoms with Gasteiger partial charge in [0.05, 0.1) is 26.4 Å². The van der Waals surface area contributed by atoms with Crippen molar-refractivity contribution >= 4 is 5.97 Å². The molecule has 1 heterocycles. The van der Waals surface area contributed by atoms with Crippen LogP contribution in [0.15, 0.2) is 0 Å². The van der Waals surface area contributed by atoms with E-state index in [9.17, 15) is 9.32 Å². The molecule has 3 N–H and O–H groups in total. The van der Waals surface area contributed by atoms with E-state index in [1.54, 1.807) is 0 Å². The van der Waals surface area contributed by atoms with Gasteiger partial charge in [-0.05, 0) is 0 Å².